The molecule has 0 aliphatic carbocycles. The van der Waals surface area contributed by atoms with Gasteiger partial charge < -0.3 is 15.8 Å². The second-order valence-corrected chi connectivity index (χ2v) is 7.75. The molecule has 7 nitrogen and oxygen atoms in total. The van der Waals surface area contributed by atoms with Crippen molar-refractivity contribution < 1.29 is 19.5 Å². The molecule has 1 aromatic heterocycles. The van der Waals surface area contributed by atoms with Crippen molar-refractivity contribution in [3.63, 3.8) is 0 Å². The number of nitrogens with one attached hydrogen (secondary N) is 1. The van der Waals surface area contributed by atoms with Crippen molar-refractivity contribution in [2.45, 2.75) is 26.7 Å². The Labute approximate surface area is 175 Å². The molecule has 1 aromatic carbocycles. The molecule has 0 spiro atoms. The Hall–Kier alpha value is -2.46. The van der Waals surface area contributed by atoms with E-state index in [1.54, 1.807) is 18.2 Å². The number of fused-ring (bicyclic) bond motifs is 1. The van der Waals surface area contributed by atoms with Crippen LogP contribution in [0.15, 0.2) is 18.2 Å². The summed E-state index contributed by atoms with van der Waals surface area (Å²) in [5, 5.41) is 8.96. The highest BCUT2D eigenvalue weighted by Crippen LogP contribution is 2.41. The lowest BCUT2D eigenvalue weighted by Crippen LogP contribution is -2.38. The van der Waals surface area contributed by atoms with Crippen LogP contribution in [0, 0.1) is 17.4 Å². The Bertz CT molecular complexity index is 1020. The van der Waals surface area contributed by atoms with E-state index in [2.05, 4.69) is 27.6 Å². The standard InChI is InChI=1S/C20H20IN3O4/c1-10-12(6-7-18(26)27)11(2)23-15(10)8-13-19-14(21)4-3-5-16(19)24(20(13)28)17(25)9-22/h3-5,8,23H,6-7,9,22H2,1-2H3,(H,26,27). The maximum Gasteiger partial charge on any atom is 0.303 e. The lowest BCUT2D eigenvalue weighted by Gasteiger charge is -2.13. The highest BCUT2D eigenvalue weighted by Gasteiger charge is 2.37. The van der Waals surface area contributed by atoms with Crippen LogP contribution in [0.2, 0.25) is 0 Å². The van der Waals surface area contributed by atoms with E-state index in [0.29, 0.717) is 23.2 Å². The fourth-order valence-electron chi connectivity index (χ4n) is 3.49. The maximum atomic E-state index is 13.0. The van der Waals surface area contributed by atoms with E-state index in [-0.39, 0.29) is 13.0 Å². The van der Waals surface area contributed by atoms with E-state index in [1.165, 1.54) is 0 Å². The summed E-state index contributed by atoms with van der Waals surface area (Å²) >= 11 is 2.14. The zero-order chi connectivity index (χ0) is 20.6. The molecule has 0 saturated carbocycles. The zero-order valence-electron chi connectivity index (χ0n) is 15.5. The molecule has 0 unspecified atom stereocenters. The van der Waals surface area contributed by atoms with Crippen molar-refractivity contribution in [3.8, 4) is 0 Å². The topological polar surface area (TPSA) is 116 Å². The minimum absolute atomic E-state index is 0.0357. The number of benzene rings is 1. The first-order chi connectivity index (χ1) is 13.3. The Balaban J connectivity index is 2.11. The third-order valence-electron chi connectivity index (χ3n) is 4.87. The summed E-state index contributed by atoms with van der Waals surface area (Å²) in [6, 6.07) is 5.40. The van der Waals surface area contributed by atoms with Gasteiger partial charge in [0.1, 0.15) is 0 Å². The first-order valence-electron chi connectivity index (χ1n) is 8.74. The van der Waals surface area contributed by atoms with Crippen molar-refractivity contribution in [3.05, 3.63) is 49.8 Å². The molecule has 1 aliphatic rings. The third kappa shape index (κ3) is 3.49. The highest BCUT2D eigenvalue weighted by molar-refractivity contribution is 14.1. The highest BCUT2D eigenvalue weighted by atomic mass is 127. The number of nitrogens with two attached hydrogens (primary N) is 1. The number of aliphatic carboxylic acids is 1. The van der Waals surface area contributed by atoms with E-state index in [1.807, 2.05) is 19.9 Å². The number of carbonyl (C=O) groups is 3. The summed E-state index contributed by atoms with van der Waals surface area (Å²) in [5.74, 6) is -1.73. The van der Waals surface area contributed by atoms with Crippen molar-refractivity contribution in [2.75, 3.05) is 11.4 Å². The van der Waals surface area contributed by atoms with Crippen molar-refractivity contribution in [1.82, 2.24) is 4.98 Å². The summed E-state index contributed by atoms with van der Waals surface area (Å²) < 4.78 is 0.856. The van der Waals surface area contributed by atoms with Gasteiger partial charge in [-0.1, -0.05) is 6.07 Å². The predicted octanol–water partition coefficient (Wildman–Crippen LogP) is 2.63. The molecule has 0 saturated heterocycles. The maximum absolute atomic E-state index is 13.0. The van der Waals surface area contributed by atoms with Crippen LogP contribution in [-0.2, 0) is 20.8 Å². The molecule has 2 amide bonds. The van der Waals surface area contributed by atoms with Gasteiger partial charge in [0.05, 0.1) is 17.8 Å². The molecule has 146 valence electrons. The number of carbonyl (C=O) groups excluding carboxylic acids is 2. The molecule has 3 rings (SSSR count). The van der Waals surface area contributed by atoms with Gasteiger partial charge in [-0.05, 0) is 72.2 Å². The Morgan fingerprint density at radius 3 is 2.68 bits per heavy atom. The van der Waals surface area contributed by atoms with Crippen LogP contribution in [-0.4, -0.2) is 34.4 Å². The largest absolute Gasteiger partial charge is 0.481 e. The minimum Gasteiger partial charge on any atom is -0.481 e. The number of hydrogen-bond acceptors (Lipinski definition) is 4. The molecule has 28 heavy (non-hydrogen) atoms. The molecule has 0 fully saturated rings. The normalized spacial score (nSPS) is 14.6. The van der Waals surface area contributed by atoms with Gasteiger partial charge in [0.15, 0.2) is 0 Å². The molecule has 8 heteroatoms. The van der Waals surface area contributed by atoms with Gasteiger partial charge >= 0.3 is 5.97 Å². The number of hydrogen-bond donors (Lipinski definition) is 3. The number of aryl methyl sites for hydroxylation is 1. The van der Waals surface area contributed by atoms with Crippen LogP contribution in [0.3, 0.4) is 0 Å². The molecule has 2 heterocycles. The number of H-pyrrole nitrogens is 1. The number of carboxylic acids is 1. The molecule has 0 radical (unpaired) electrons. The second-order valence-electron chi connectivity index (χ2n) is 6.59. The van der Waals surface area contributed by atoms with Crippen LogP contribution < -0.4 is 10.6 Å². The molecule has 4 N–H and O–H groups in total. The lowest BCUT2D eigenvalue weighted by molar-refractivity contribution is -0.137. The van der Waals surface area contributed by atoms with Crippen LogP contribution >= 0.6 is 22.6 Å². The number of amides is 2. The summed E-state index contributed by atoms with van der Waals surface area (Å²) in [6.07, 6.45) is 2.18. The average Bonchev–Trinajstić information content (AvgIpc) is 3.07. The number of anilines is 1. The van der Waals surface area contributed by atoms with Gasteiger partial charge in [0, 0.05) is 26.9 Å². The van der Waals surface area contributed by atoms with E-state index >= 15 is 0 Å². The smallest absolute Gasteiger partial charge is 0.303 e. The van der Waals surface area contributed by atoms with Crippen molar-refractivity contribution in [1.29, 1.82) is 0 Å². The summed E-state index contributed by atoms with van der Waals surface area (Å²) in [6.45, 7) is 3.51. The van der Waals surface area contributed by atoms with Gasteiger partial charge in [0.25, 0.3) is 5.91 Å². The number of imide groups is 1. The average molecular weight is 493 g/mol. The number of carboxylic acid groups (broad SMARTS) is 1. The number of aromatic nitrogens is 1. The molecular weight excluding hydrogens is 473 g/mol. The SMILES string of the molecule is Cc1[nH]c(C=C2C(=O)N(C(=O)CN)c3cccc(I)c32)c(C)c1CCC(=O)O. The van der Waals surface area contributed by atoms with Gasteiger partial charge in [0.2, 0.25) is 5.91 Å². The van der Waals surface area contributed by atoms with Gasteiger partial charge in [-0.25, -0.2) is 4.90 Å². The van der Waals surface area contributed by atoms with Crippen LogP contribution in [0.4, 0.5) is 5.69 Å². The van der Waals surface area contributed by atoms with Crippen LogP contribution in [0.1, 0.15) is 34.5 Å². The first kappa shape index (κ1) is 20.3. The number of aromatic amines is 1. The van der Waals surface area contributed by atoms with Crippen molar-refractivity contribution >= 4 is 57.7 Å². The minimum atomic E-state index is -0.856. The number of nitrogens with zero attached hydrogens (tertiary/aromatic N) is 1. The summed E-state index contributed by atoms with van der Waals surface area (Å²) in [4.78, 5) is 40.6. The van der Waals surface area contributed by atoms with E-state index in [9.17, 15) is 14.4 Å². The molecule has 2 aromatic rings. The quantitative estimate of drug-likeness (QED) is 0.438. The van der Waals surface area contributed by atoms with Crippen LogP contribution in [0.25, 0.3) is 11.6 Å². The van der Waals surface area contributed by atoms with Gasteiger partial charge in [-0.2, -0.15) is 0 Å². The van der Waals surface area contributed by atoms with Crippen molar-refractivity contribution in [2.24, 2.45) is 5.73 Å². The molecule has 0 bridgehead atoms. The van der Waals surface area contributed by atoms with Crippen LogP contribution in [0.5, 0.6) is 0 Å². The zero-order valence-corrected chi connectivity index (χ0v) is 17.7. The monoisotopic (exact) mass is 493 g/mol. The van der Waals surface area contributed by atoms with Gasteiger partial charge in [-0.3, -0.25) is 14.4 Å². The third-order valence-corrected chi connectivity index (χ3v) is 5.77. The first-order valence-corrected chi connectivity index (χ1v) is 9.81. The molecule has 1 aliphatic heterocycles. The van der Waals surface area contributed by atoms with E-state index < -0.39 is 17.8 Å². The lowest BCUT2D eigenvalue weighted by atomic mass is 10.0. The fourth-order valence-corrected chi connectivity index (χ4v) is 4.26. The summed E-state index contributed by atoms with van der Waals surface area (Å²) in [5.41, 5.74) is 10.6. The Morgan fingerprint density at radius 2 is 2.04 bits per heavy atom. The Morgan fingerprint density at radius 1 is 1.32 bits per heavy atom. The van der Waals surface area contributed by atoms with Gasteiger partial charge in [-0.15, -0.1) is 0 Å². The fraction of sp³-hybridized carbons (Fsp3) is 0.250. The predicted molar refractivity (Wildman–Crippen MR) is 115 cm³/mol. The number of rotatable bonds is 5. The second kappa shape index (κ2) is 7.88. The van der Waals surface area contributed by atoms with E-state index in [0.717, 1.165) is 31.0 Å². The number of halogens is 1. The molecule has 0 atom stereocenters. The molecular formula is C20H20IN3O4. The Kier molecular flexibility index (Phi) is 5.71. The van der Waals surface area contributed by atoms with E-state index in [4.69, 9.17) is 10.8 Å². The summed E-state index contributed by atoms with van der Waals surface area (Å²) in [7, 11) is 0.